The predicted octanol–water partition coefficient (Wildman–Crippen LogP) is 4.57. The molecule has 1 aromatic heterocycles. The van der Waals surface area contributed by atoms with Gasteiger partial charge in [-0.1, -0.05) is 13.8 Å². The Hall–Kier alpha value is -2.31. The lowest BCUT2D eigenvalue weighted by Gasteiger charge is -2.23. The Balaban J connectivity index is 2.33. The number of halogens is 3. The van der Waals surface area contributed by atoms with Crippen molar-refractivity contribution in [3.8, 4) is 0 Å². The molecule has 0 bridgehead atoms. The molecule has 1 heterocycles. The van der Waals surface area contributed by atoms with Crippen molar-refractivity contribution in [3.05, 3.63) is 41.5 Å². The third-order valence-corrected chi connectivity index (χ3v) is 3.43. The lowest BCUT2D eigenvalue weighted by molar-refractivity contribution is 0.449. The summed E-state index contributed by atoms with van der Waals surface area (Å²) in [6.07, 6.45) is 1.92. The average Bonchev–Trinajstić information content (AvgIpc) is 2.55. The van der Waals surface area contributed by atoms with Gasteiger partial charge in [0.25, 0.3) is 0 Å². The normalized spacial score (nSPS) is 10.8. The van der Waals surface area contributed by atoms with Gasteiger partial charge < -0.3 is 10.2 Å². The number of aryl methyl sites for hydroxylation is 1. The smallest absolute Gasteiger partial charge is 0.196 e. The summed E-state index contributed by atoms with van der Waals surface area (Å²) in [5.74, 6) is -2.45. The molecule has 2 aromatic rings. The molecule has 7 heteroatoms. The highest BCUT2D eigenvalue weighted by Gasteiger charge is 2.15. The van der Waals surface area contributed by atoms with Gasteiger partial charge in [-0.05, 0) is 31.9 Å². The molecule has 0 amide bonds. The quantitative estimate of drug-likeness (QED) is 0.751. The van der Waals surface area contributed by atoms with Crippen LogP contribution in [-0.2, 0) is 0 Å². The molecule has 0 saturated carbocycles. The van der Waals surface area contributed by atoms with Gasteiger partial charge in [-0.2, -0.15) is 0 Å². The highest BCUT2D eigenvalue weighted by atomic mass is 19.2. The highest BCUT2D eigenvalue weighted by molar-refractivity contribution is 5.60. The van der Waals surface area contributed by atoms with E-state index in [2.05, 4.69) is 34.0 Å². The molecule has 0 aliphatic rings. The van der Waals surface area contributed by atoms with Crippen LogP contribution in [0.5, 0.6) is 0 Å². The fraction of sp³-hybridized carbons (Fsp3) is 0.412. The van der Waals surface area contributed by atoms with Crippen molar-refractivity contribution in [2.45, 2.75) is 33.6 Å². The van der Waals surface area contributed by atoms with E-state index in [4.69, 9.17) is 0 Å². The summed E-state index contributed by atoms with van der Waals surface area (Å²) >= 11 is 0. The first-order valence-corrected chi connectivity index (χ1v) is 7.97. The minimum Gasteiger partial charge on any atom is -0.356 e. The molecule has 0 atom stereocenters. The van der Waals surface area contributed by atoms with Crippen LogP contribution < -0.4 is 10.2 Å². The molecule has 0 aliphatic carbocycles. The van der Waals surface area contributed by atoms with Crippen LogP contribution >= 0.6 is 0 Å². The summed E-state index contributed by atoms with van der Waals surface area (Å²) in [5, 5.41) is 2.70. The molecule has 1 N–H and O–H groups in total. The van der Waals surface area contributed by atoms with E-state index in [1.165, 1.54) is 0 Å². The summed E-state index contributed by atoms with van der Waals surface area (Å²) < 4.78 is 40.2. The maximum Gasteiger partial charge on any atom is 0.196 e. The molecular weight excluding hydrogens is 317 g/mol. The van der Waals surface area contributed by atoms with Crippen molar-refractivity contribution < 1.29 is 13.2 Å². The highest BCUT2D eigenvalue weighted by Crippen LogP contribution is 2.24. The first-order valence-electron chi connectivity index (χ1n) is 7.97. The molecule has 0 saturated heterocycles. The van der Waals surface area contributed by atoms with Crippen LogP contribution in [0.2, 0.25) is 0 Å². The lowest BCUT2D eigenvalue weighted by atomic mass is 10.2. The molecule has 24 heavy (non-hydrogen) atoms. The number of hydrogen-bond acceptors (Lipinski definition) is 4. The van der Waals surface area contributed by atoms with E-state index < -0.39 is 17.5 Å². The van der Waals surface area contributed by atoms with E-state index in [0.717, 1.165) is 43.9 Å². The Bertz CT molecular complexity index is 700. The predicted molar refractivity (Wildman–Crippen MR) is 89.2 cm³/mol. The second-order valence-electron chi connectivity index (χ2n) is 5.49. The van der Waals surface area contributed by atoms with Crippen LogP contribution in [0.4, 0.5) is 30.5 Å². The SMILES string of the molecule is CCCN(CCC)c1cc(Nc2ccc(F)c(F)c2F)nc(C)n1. The fourth-order valence-electron chi connectivity index (χ4n) is 2.42. The van der Waals surface area contributed by atoms with Gasteiger partial charge in [0, 0.05) is 19.2 Å². The van der Waals surface area contributed by atoms with Gasteiger partial charge in [0.1, 0.15) is 17.5 Å². The Morgan fingerprint density at radius 2 is 1.67 bits per heavy atom. The second-order valence-corrected chi connectivity index (χ2v) is 5.49. The zero-order valence-corrected chi connectivity index (χ0v) is 14.0. The molecule has 0 fully saturated rings. The Morgan fingerprint density at radius 3 is 2.29 bits per heavy atom. The Kier molecular flexibility index (Phi) is 6.00. The first-order chi connectivity index (χ1) is 11.5. The third-order valence-electron chi connectivity index (χ3n) is 3.43. The maximum absolute atomic E-state index is 13.8. The van der Waals surface area contributed by atoms with Crippen LogP contribution in [0.1, 0.15) is 32.5 Å². The third kappa shape index (κ3) is 4.15. The monoisotopic (exact) mass is 338 g/mol. The van der Waals surface area contributed by atoms with Crippen LogP contribution in [0.15, 0.2) is 18.2 Å². The number of anilines is 3. The Labute approximate surface area is 139 Å². The zero-order chi connectivity index (χ0) is 17.7. The number of rotatable bonds is 7. The largest absolute Gasteiger partial charge is 0.356 e. The molecule has 4 nitrogen and oxygen atoms in total. The number of benzene rings is 1. The van der Waals surface area contributed by atoms with Gasteiger partial charge in [-0.15, -0.1) is 0 Å². The molecule has 2 rings (SSSR count). The average molecular weight is 338 g/mol. The minimum atomic E-state index is -1.51. The first kappa shape index (κ1) is 18.0. The maximum atomic E-state index is 13.8. The van der Waals surface area contributed by atoms with Crippen molar-refractivity contribution in [1.29, 1.82) is 0 Å². The molecule has 0 radical (unpaired) electrons. The zero-order valence-electron chi connectivity index (χ0n) is 14.0. The van der Waals surface area contributed by atoms with E-state index in [9.17, 15) is 13.2 Å². The van der Waals surface area contributed by atoms with E-state index >= 15 is 0 Å². The van der Waals surface area contributed by atoms with Crippen LogP contribution in [0.25, 0.3) is 0 Å². The van der Waals surface area contributed by atoms with Gasteiger partial charge in [-0.25, -0.2) is 23.1 Å². The fourth-order valence-corrected chi connectivity index (χ4v) is 2.42. The number of aromatic nitrogens is 2. The van der Waals surface area contributed by atoms with E-state index in [1.807, 2.05) is 0 Å². The summed E-state index contributed by atoms with van der Waals surface area (Å²) in [7, 11) is 0. The van der Waals surface area contributed by atoms with Crippen LogP contribution in [0, 0.1) is 24.4 Å². The van der Waals surface area contributed by atoms with E-state index in [-0.39, 0.29) is 5.69 Å². The molecule has 0 aliphatic heterocycles. The van der Waals surface area contributed by atoms with Gasteiger partial charge in [0.2, 0.25) is 0 Å². The van der Waals surface area contributed by atoms with Gasteiger partial charge in [-0.3, -0.25) is 0 Å². The van der Waals surface area contributed by atoms with Crippen molar-refractivity contribution in [1.82, 2.24) is 9.97 Å². The molecular formula is C17H21F3N4. The van der Waals surface area contributed by atoms with E-state index in [1.54, 1.807) is 13.0 Å². The minimum absolute atomic E-state index is 0.171. The molecule has 1 aromatic carbocycles. The molecule has 130 valence electrons. The van der Waals surface area contributed by atoms with Crippen molar-refractivity contribution in [2.24, 2.45) is 0 Å². The van der Waals surface area contributed by atoms with Gasteiger partial charge >= 0.3 is 0 Å². The Morgan fingerprint density at radius 1 is 1.00 bits per heavy atom. The summed E-state index contributed by atoms with van der Waals surface area (Å²) in [5.41, 5.74) is -0.171. The second kappa shape index (κ2) is 7.99. The lowest BCUT2D eigenvalue weighted by Crippen LogP contribution is -2.26. The summed E-state index contributed by atoms with van der Waals surface area (Å²) in [6.45, 7) is 7.55. The standard InChI is InChI=1S/C17H21F3N4/c1-4-8-24(9-5-2)15-10-14(21-11(3)22-15)23-13-7-6-12(18)16(19)17(13)20/h6-7,10H,4-5,8-9H2,1-3H3,(H,21,22,23). The van der Waals surface area contributed by atoms with Gasteiger partial charge in [0.15, 0.2) is 17.5 Å². The number of hydrogen-bond donors (Lipinski definition) is 1. The van der Waals surface area contributed by atoms with Crippen molar-refractivity contribution in [3.63, 3.8) is 0 Å². The van der Waals surface area contributed by atoms with Crippen LogP contribution in [-0.4, -0.2) is 23.1 Å². The van der Waals surface area contributed by atoms with Crippen LogP contribution in [0.3, 0.4) is 0 Å². The van der Waals surface area contributed by atoms with Crippen molar-refractivity contribution in [2.75, 3.05) is 23.3 Å². The topological polar surface area (TPSA) is 41.0 Å². The number of nitrogens with zero attached hydrogens (tertiary/aromatic N) is 3. The van der Waals surface area contributed by atoms with Crippen molar-refractivity contribution >= 4 is 17.3 Å². The summed E-state index contributed by atoms with van der Waals surface area (Å²) in [4.78, 5) is 10.7. The van der Waals surface area contributed by atoms with Gasteiger partial charge in [0.05, 0.1) is 5.69 Å². The molecule has 0 spiro atoms. The van der Waals surface area contributed by atoms with E-state index in [0.29, 0.717) is 11.6 Å². The number of nitrogens with one attached hydrogen (secondary N) is 1. The summed E-state index contributed by atoms with van der Waals surface area (Å²) in [6, 6.07) is 3.69. The molecule has 0 unspecified atom stereocenters.